The highest BCUT2D eigenvalue weighted by Crippen LogP contribution is 2.19. The maximum atomic E-state index is 10.9. The maximum absolute atomic E-state index is 10.9. The Morgan fingerprint density at radius 3 is 2.69 bits per heavy atom. The lowest BCUT2D eigenvalue weighted by molar-refractivity contribution is 0.108. The summed E-state index contributed by atoms with van der Waals surface area (Å²) in [6.45, 7) is 1.78. The van der Waals surface area contributed by atoms with Crippen molar-refractivity contribution >= 4 is 39.4 Å². The lowest BCUT2D eigenvalue weighted by Crippen LogP contribution is -1.97. The summed E-state index contributed by atoms with van der Waals surface area (Å²) in [5, 5.41) is 8.19. The number of halogens is 2. The Kier molecular flexibility index (Phi) is 3.28. The Balaban J connectivity index is 3.50. The van der Waals surface area contributed by atoms with Crippen molar-refractivity contribution in [1.29, 1.82) is 5.26 Å². The van der Waals surface area contributed by atoms with Crippen LogP contribution in [0.25, 0.3) is 0 Å². The van der Waals surface area contributed by atoms with E-state index in [1.54, 1.807) is 13.0 Å². The van der Waals surface area contributed by atoms with E-state index in [0.717, 1.165) is 9.13 Å². The molecular weight excluding hydrogens is 300 g/mol. The van der Waals surface area contributed by atoms with E-state index in [-0.39, 0.29) is 5.56 Å². The number of hydrogen-bond donors (Lipinski definition) is 0. The van der Waals surface area contributed by atoms with Crippen LogP contribution in [0, 0.1) is 21.8 Å². The van der Waals surface area contributed by atoms with Crippen molar-refractivity contribution in [3.05, 3.63) is 32.4 Å². The van der Waals surface area contributed by atoms with Crippen molar-refractivity contribution in [3.63, 3.8) is 0 Å². The maximum Gasteiger partial charge on any atom is 0.253 e. The molecule has 4 heteroatoms. The Morgan fingerprint density at radius 2 is 2.23 bits per heavy atom. The van der Waals surface area contributed by atoms with Crippen LogP contribution in [-0.2, 0) is 0 Å². The fourth-order valence-corrected chi connectivity index (χ4v) is 1.97. The molecule has 0 saturated carbocycles. The van der Waals surface area contributed by atoms with Crippen LogP contribution in [0.3, 0.4) is 0 Å². The Morgan fingerprint density at radius 1 is 1.62 bits per heavy atom. The average molecular weight is 306 g/mol. The van der Waals surface area contributed by atoms with E-state index in [9.17, 15) is 4.79 Å². The number of benzene rings is 1. The zero-order valence-electron chi connectivity index (χ0n) is 6.77. The summed E-state index contributed by atoms with van der Waals surface area (Å²) in [5.41, 5.74) is 1.42. The number of nitrogens with zero attached hydrogens (tertiary/aromatic N) is 1. The molecule has 0 radical (unpaired) electrons. The first-order valence-corrected chi connectivity index (χ1v) is 4.92. The third-order valence-electron chi connectivity index (χ3n) is 1.62. The molecule has 13 heavy (non-hydrogen) atoms. The normalized spacial score (nSPS) is 9.38. The third-order valence-corrected chi connectivity index (χ3v) is 2.45. The molecule has 66 valence electrons. The van der Waals surface area contributed by atoms with Crippen LogP contribution in [0.2, 0.25) is 0 Å². The number of carbonyl (C=O) groups is 1. The molecule has 0 unspecified atom stereocenters. The van der Waals surface area contributed by atoms with Gasteiger partial charge >= 0.3 is 0 Å². The van der Waals surface area contributed by atoms with Crippen molar-refractivity contribution in [1.82, 2.24) is 0 Å². The van der Waals surface area contributed by atoms with Gasteiger partial charge in [-0.05, 0) is 58.8 Å². The fraction of sp³-hybridized carbons (Fsp3) is 0.111. The van der Waals surface area contributed by atoms with Crippen LogP contribution < -0.4 is 0 Å². The molecule has 2 nitrogen and oxygen atoms in total. The fourth-order valence-electron chi connectivity index (χ4n) is 1.05. The highest BCUT2D eigenvalue weighted by Gasteiger charge is 2.11. The highest BCUT2D eigenvalue weighted by atomic mass is 127. The first-order valence-electron chi connectivity index (χ1n) is 3.46. The Labute approximate surface area is 94.6 Å². The minimum atomic E-state index is -0.585. The Hall–Kier alpha value is -0.600. The predicted octanol–water partition coefficient (Wildman–Crippen LogP) is 2.85. The van der Waals surface area contributed by atoms with Crippen molar-refractivity contribution < 1.29 is 4.79 Å². The minimum absolute atomic E-state index is 0.286. The number of nitriles is 1. The second-order valence-electron chi connectivity index (χ2n) is 2.53. The summed E-state index contributed by atoms with van der Waals surface area (Å²) in [6.07, 6.45) is 0. The molecule has 0 amide bonds. The molecule has 0 atom stereocenters. The molecule has 0 aromatic heterocycles. The van der Waals surface area contributed by atoms with Crippen LogP contribution in [0.1, 0.15) is 21.5 Å². The highest BCUT2D eigenvalue weighted by molar-refractivity contribution is 14.1. The molecule has 0 aliphatic rings. The molecular formula is C9H5ClINO. The van der Waals surface area contributed by atoms with Gasteiger partial charge in [0.2, 0.25) is 0 Å². The lowest BCUT2D eigenvalue weighted by atomic mass is 10.0. The number of aryl methyl sites for hydroxylation is 1. The van der Waals surface area contributed by atoms with Gasteiger partial charge in [0.1, 0.15) is 6.07 Å². The molecule has 1 aromatic carbocycles. The summed E-state index contributed by atoms with van der Waals surface area (Å²) in [7, 11) is 0. The zero-order chi connectivity index (χ0) is 10.0. The van der Waals surface area contributed by atoms with Gasteiger partial charge in [-0.1, -0.05) is 0 Å². The molecule has 0 fully saturated rings. The van der Waals surface area contributed by atoms with E-state index in [0.29, 0.717) is 5.56 Å². The third kappa shape index (κ3) is 2.20. The quantitative estimate of drug-likeness (QED) is 0.591. The SMILES string of the molecule is Cc1cc(I)cc(C(=O)Cl)c1C#N. The van der Waals surface area contributed by atoms with E-state index in [4.69, 9.17) is 16.9 Å². The van der Waals surface area contributed by atoms with Gasteiger partial charge in [-0.2, -0.15) is 5.26 Å². The lowest BCUT2D eigenvalue weighted by Gasteiger charge is -2.02. The van der Waals surface area contributed by atoms with Crippen LogP contribution in [0.15, 0.2) is 12.1 Å². The number of rotatable bonds is 1. The molecule has 0 heterocycles. The van der Waals surface area contributed by atoms with Crippen LogP contribution in [-0.4, -0.2) is 5.24 Å². The summed E-state index contributed by atoms with van der Waals surface area (Å²) in [4.78, 5) is 10.9. The van der Waals surface area contributed by atoms with Gasteiger partial charge in [-0.3, -0.25) is 4.79 Å². The largest absolute Gasteiger partial charge is 0.276 e. The molecule has 1 aromatic rings. The summed E-state index contributed by atoms with van der Waals surface area (Å²) < 4.78 is 0.901. The van der Waals surface area contributed by atoms with Crippen LogP contribution in [0.4, 0.5) is 0 Å². The second-order valence-corrected chi connectivity index (χ2v) is 4.12. The van der Waals surface area contributed by atoms with E-state index >= 15 is 0 Å². The van der Waals surface area contributed by atoms with E-state index < -0.39 is 5.24 Å². The number of hydrogen-bond acceptors (Lipinski definition) is 2. The average Bonchev–Trinajstić information content (AvgIpc) is 2.02. The topological polar surface area (TPSA) is 40.9 Å². The molecule has 0 spiro atoms. The molecule has 0 bridgehead atoms. The zero-order valence-corrected chi connectivity index (χ0v) is 9.68. The van der Waals surface area contributed by atoms with E-state index in [2.05, 4.69) is 22.6 Å². The van der Waals surface area contributed by atoms with Gasteiger partial charge < -0.3 is 0 Å². The smallest absolute Gasteiger partial charge is 0.253 e. The first kappa shape index (κ1) is 10.5. The van der Waals surface area contributed by atoms with Crippen LogP contribution in [0.5, 0.6) is 0 Å². The van der Waals surface area contributed by atoms with Crippen LogP contribution >= 0.6 is 34.2 Å². The molecule has 0 aliphatic heterocycles. The first-order chi connectivity index (χ1) is 6.06. The van der Waals surface area contributed by atoms with E-state index in [1.165, 1.54) is 0 Å². The minimum Gasteiger partial charge on any atom is -0.276 e. The standard InChI is InChI=1S/C9H5ClINO/c1-5-2-6(11)3-7(9(10)13)8(5)4-12/h2-3H,1H3. The molecule has 0 N–H and O–H groups in total. The summed E-state index contributed by atoms with van der Waals surface area (Å²) in [6, 6.07) is 5.41. The van der Waals surface area contributed by atoms with Gasteiger partial charge in [-0.25, -0.2) is 0 Å². The monoisotopic (exact) mass is 305 g/mol. The van der Waals surface area contributed by atoms with Gasteiger partial charge in [0.15, 0.2) is 0 Å². The van der Waals surface area contributed by atoms with Crippen molar-refractivity contribution in [2.75, 3.05) is 0 Å². The van der Waals surface area contributed by atoms with Crippen molar-refractivity contribution in [3.8, 4) is 6.07 Å². The number of carbonyl (C=O) groups excluding carboxylic acids is 1. The predicted molar refractivity (Wildman–Crippen MR) is 58.8 cm³/mol. The van der Waals surface area contributed by atoms with Crippen molar-refractivity contribution in [2.45, 2.75) is 6.92 Å². The molecule has 1 rings (SSSR count). The Bertz CT molecular complexity index is 409. The molecule has 0 saturated heterocycles. The van der Waals surface area contributed by atoms with Gasteiger partial charge in [-0.15, -0.1) is 0 Å². The van der Waals surface area contributed by atoms with E-state index in [1.807, 2.05) is 12.1 Å². The van der Waals surface area contributed by atoms with Gasteiger partial charge in [0.05, 0.1) is 11.1 Å². The molecule has 0 aliphatic carbocycles. The summed E-state index contributed by atoms with van der Waals surface area (Å²) in [5.74, 6) is 0. The van der Waals surface area contributed by atoms with Gasteiger partial charge in [0.25, 0.3) is 5.24 Å². The second kappa shape index (κ2) is 4.07. The van der Waals surface area contributed by atoms with Gasteiger partial charge in [0, 0.05) is 3.57 Å². The van der Waals surface area contributed by atoms with Crippen molar-refractivity contribution in [2.24, 2.45) is 0 Å². The summed E-state index contributed by atoms with van der Waals surface area (Å²) >= 11 is 7.41.